The fourth-order valence-corrected chi connectivity index (χ4v) is 2.19. The summed E-state index contributed by atoms with van der Waals surface area (Å²) >= 11 is 0. The molecular weight excluding hydrogens is 264 g/mol. The first-order valence-electron chi connectivity index (χ1n) is 5.80. The van der Waals surface area contributed by atoms with Crippen LogP contribution in [0.3, 0.4) is 0 Å². The van der Waals surface area contributed by atoms with Crippen molar-refractivity contribution in [1.29, 1.82) is 0 Å². The molecule has 0 saturated carbocycles. The Hall–Kier alpha value is -1.66. The summed E-state index contributed by atoms with van der Waals surface area (Å²) in [7, 11) is -3.78. The van der Waals surface area contributed by atoms with Crippen LogP contribution in [-0.4, -0.2) is 14.3 Å². The smallest absolute Gasteiger partial charge is 0.238 e. The van der Waals surface area contributed by atoms with Crippen LogP contribution in [0.15, 0.2) is 29.7 Å². The molecule has 0 saturated heterocycles. The lowest BCUT2D eigenvalue weighted by molar-refractivity contribution is -0.116. The Morgan fingerprint density at radius 2 is 2.05 bits per heavy atom. The van der Waals surface area contributed by atoms with Crippen LogP contribution in [0.25, 0.3) is 0 Å². The first kappa shape index (κ1) is 15.4. The van der Waals surface area contributed by atoms with Crippen LogP contribution in [0, 0.1) is 13.8 Å². The highest BCUT2D eigenvalue weighted by Crippen LogP contribution is 2.23. The Balaban J connectivity index is 3.10. The fourth-order valence-electron chi connectivity index (χ4n) is 1.57. The van der Waals surface area contributed by atoms with Gasteiger partial charge in [-0.2, -0.15) is 0 Å². The lowest BCUT2D eigenvalue weighted by atomic mass is 10.1. The van der Waals surface area contributed by atoms with E-state index in [1.165, 1.54) is 12.1 Å². The quantitative estimate of drug-likeness (QED) is 0.808. The summed E-state index contributed by atoms with van der Waals surface area (Å²) in [6, 6.07) is 2.87. The average Bonchev–Trinajstić information content (AvgIpc) is 2.30. The van der Waals surface area contributed by atoms with E-state index in [4.69, 9.17) is 5.14 Å². The van der Waals surface area contributed by atoms with Crippen molar-refractivity contribution in [2.75, 3.05) is 5.32 Å². The summed E-state index contributed by atoms with van der Waals surface area (Å²) in [6.45, 7) is 7.12. The minimum absolute atomic E-state index is 0.00498. The van der Waals surface area contributed by atoms with Crippen molar-refractivity contribution >= 4 is 21.6 Å². The minimum atomic E-state index is -3.78. The van der Waals surface area contributed by atoms with Crippen LogP contribution in [-0.2, 0) is 14.8 Å². The van der Waals surface area contributed by atoms with E-state index in [-0.39, 0.29) is 10.8 Å². The van der Waals surface area contributed by atoms with E-state index in [1.807, 2.05) is 6.92 Å². The minimum Gasteiger partial charge on any atom is -0.326 e. The number of sulfonamides is 1. The number of nitrogens with two attached hydrogens (primary N) is 1. The van der Waals surface area contributed by atoms with Crippen LogP contribution in [0.2, 0.25) is 0 Å². The standard InChI is InChI=1S/C13H18N2O3S/c1-4-5-6-13(16)15-12-8-11(19(14,17)18)7-9(2)10(12)3/h4,7-8H,1,5-6H2,2-3H3,(H,15,16)(H2,14,17,18). The van der Waals surface area contributed by atoms with Gasteiger partial charge in [-0.05, 0) is 43.5 Å². The molecule has 0 fully saturated rings. The van der Waals surface area contributed by atoms with Crippen molar-refractivity contribution in [3.8, 4) is 0 Å². The van der Waals surface area contributed by atoms with Gasteiger partial charge in [-0.3, -0.25) is 4.79 Å². The van der Waals surface area contributed by atoms with Crippen molar-refractivity contribution in [3.63, 3.8) is 0 Å². The number of carbonyl (C=O) groups excluding carboxylic acids is 1. The zero-order chi connectivity index (χ0) is 14.6. The summed E-state index contributed by atoms with van der Waals surface area (Å²) in [4.78, 5) is 11.7. The topological polar surface area (TPSA) is 89.3 Å². The molecule has 5 nitrogen and oxygen atoms in total. The molecule has 0 aliphatic rings. The molecule has 0 aliphatic heterocycles. The molecular formula is C13H18N2O3S. The van der Waals surface area contributed by atoms with E-state index in [9.17, 15) is 13.2 Å². The van der Waals surface area contributed by atoms with Gasteiger partial charge in [0.1, 0.15) is 0 Å². The maximum atomic E-state index is 11.7. The molecule has 1 amide bonds. The van der Waals surface area contributed by atoms with Gasteiger partial charge >= 0.3 is 0 Å². The molecule has 104 valence electrons. The van der Waals surface area contributed by atoms with Crippen LogP contribution < -0.4 is 10.5 Å². The van der Waals surface area contributed by atoms with Gasteiger partial charge < -0.3 is 5.32 Å². The third kappa shape index (κ3) is 4.18. The van der Waals surface area contributed by atoms with Gasteiger partial charge in [0.2, 0.25) is 15.9 Å². The van der Waals surface area contributed by atoms with Crippen LogP contribution >= 0.6 is 0 Å². The zero-order valence-corrected chi connectivity index (χ0v) is 11.9. The number of rotatable bonds is 5. The van der Waals surface area contributed by atoms with Gasteiger partial charge in [0.05, 0.1) is 4.90 Å². The summed E-state index contributed by atoms with van der Waals surface area (Å²) < 4.78 is 22.7. The summed E-state index contributed by atoms with van der Waals surface area (Å²) in [6.07, 6.45) is 2.53. The van der Waals surface area contributed by atoms with Crippen molar-refractivity contribution in [1.82, 2.24) is 0 Å². The van der Waals surface area contributed by atoms with Crippen LogP contribution in [0.1, 0.15) is 24.0 Å². The number of carbonyl (C=O) groups is 1. The van der Waals surface area contributed by atoms with E-state index in [0.29, 0.717) is 18.5 Å². The molecule has 19 heavy (non-hydrogen) atoms. The monoisotopic (exact) mass is 282 g/mol. The predicted molar refractivity (Wildman–Crippen MR) is 75.3 cm³/mol. The predicted octanol–water partition coefficient (Wildman–Crippen LogP) is 1.86. The number of amides is 1. The zero-order valence-electron chi connectivity index (χ0n) is 11.1. The first-order valence-corrected chi connectivity index (χ1v) is 7.35. The summed E-state index contributed by atoms with van der Waals surface area (Å²) in [5.41, 5.74) is 2.04. The van der Waals surface area contributed by atoms with Crippen LogP contribution in [0.4, 0.5) is 5.69 Å². The Kier molecular flexibility index (Phi) is 4.85. The van der Waals surface area contributed by atoms with Crippen LogP contribution in [0.5, 0.6) is 0 Å². The molecule has 0 aliphatic carbocycles. The lowest BCUT2D eigenvalue weighted by Gasteiger charge is -2.12. The Bertz CT molecular complexity index is 607. The molecule has 0 bridgehead atoms. The number of benzene rings is 1. The van der Waals surface area contributed by atoms with Crippen molar-refractivity contribution in [3.05, 3.63) is 35.9 Å². The second-order valence-corrected chi connectivity index (χ2v) is 5.89. The van der Waals surface area contributed by atoms with E-state index in [1.54, 1.807) is 13.0 Å². The number of allylic oxidation sites excluding steroid dienone is 1. The molecule has 6 heteroatoms. The number of primary sulfonamides is 1. The van der Waals surface area contributed by atoms with E-state index >= 15 is 0 Å². The summed E-state index contributed by atoms with van der Waals surface area (Å²) in [5.74, 6) is -0.186. The molecule has 1 aromatic rings. The molecule has 1 aromatic carbocycles. The van der Waals surface area contributed by atoms with Gasteiger partial charge in [0.25, 0.3) is 0 Å². The largest absolute Gasteiger partial charge is 0.326 e. The second-order valence-electron chi connectivity index (χ2n) is 4.33. The third-order valence-corrected chi connectivity index (χ3v) is 3.71. The van der Waals surface area contributed by atoms with Crippen molar-refractivity contribution < 1.29 is 13.2 Å². The van der Waals surface area contributed by atoms with Crippen molar-refractivity contribution in [2.24, 2.45) is 5.14 Å². The lowest BCUT2D eigenvalue weighted by Crippen LogP contribution is -2.16. The Labute approximate surface area is 113 Å². The molecule has 0 heterocycles. The number of hydrogen-bond donors (Lipinski definition) is 2. The second kappa shape index (κ2) is 5.99. The first-order chi connectivity index (χ1) is 8.75. The maximum absolute atomic E-state index is 11.7. The number of nitrogens with one attached hydrogen (secondary N) is 1. The molecule has 0 spiro atoms. The van der Waals surface area contributed by atoms with Gasteiger partial charge in [-0.15, -0.1) is 6.58 Å². The highest BCUT2D eigenvalue weighted by molar-refractivity contribution is 7.89. The maximum Gasteiger partial charge on any atom is 0.238 e. The van der Waals surface area contributed by atoms with E-state index < -0.39 is 10.0 Å². The van der Waals surface area contributed by atoms with Gasteiger partial charge in [0.15, 0.2) is 0 Å². The highest BCUT2D eigenvalue weighted by Gasteiger charge is 2.13. The number of anilines is 1. The van der Waals surface area contributed by atoms with Gasteiger partial charge in [0, 0.05) is 12.1 Å². The molecule has 0 aromatic heterocycles. The third-order valence-electron chi connectivity index (χ3n) is 2.82. The SMILES string of the molecule is C=CCCC(=O)Nc1cc(S(N)(=O)=O)cc(C)c1C. The number of aryl methyl sites for hydroxylation is 1. The molecule has 1 rings (SSSR count). The van der Waals surface area contributed by atoms with Crippen molar-refractivity contribution in [2.45, 2.75) is 31.6 Å². The number of hydrogen-bond acceptors (Lipinski definition) is 3. The summed E-state index contributed by atoms with van der Waals surface area (Å²) in [5, 5.41) is 7.79. The molecule has 0 atom stereocenters. The highest BCUT2D eigenvalue weighted by atomic mass is 32.2. The van der Waals surface area contributed by atoms with E-state index in [0.717, 1.165) is 11.1 Å². The molecule has 0 radical (unpaired) electrons. The Morgan fingerprint density at radius 1 is 1.42 bits per heavy atom. The van der Waals surface area contributed by atoms with E-state index in [2.05, 4.69) is 11.9 Å². The average molecular weight is 282 g/mol. The fraction of sp³-hybridized carbons (Fsp3) is 0.308. The molecule has 0 unspecified atom stereocenters. The van der Waals surface area contributed by atoms with Gasteiger partial charge in [-0.1, -0.05) is 6.08 Å². The normalized spacial score (nSPS) is 11.1. The Morgan fingerprint density at radius 3 is 2.58 bits per heavy atom. The molecule has 3 N–H and O–H groups in total. The van der Waals surface area contributed by atoms with Gasteiger partial charge in [-0.25, -0.2) is 13.6 Å².